The zero-order valence-corrected chi connectivity index (χ0v) is 22.4. The predicted molar refractivity (Wildman–Crippen MR) is 137 cm³/mol. The molecule has 12 nitrogen and oxygen atoms in total. The first-order valence-electron chi connectivity index (χ1n) is 13.1. The van der Waals surface area contributed by atoms with Crippen LogP contribution in [0.5, 0.6) is 0 Å². The van der Waals surface area contributed by atoms with E-state index in [4.69, 9.17) is 29.4 Å². The third-order valence-electron chi connectivity index (χ3n) is 4.95. The molecule has 37 heavy (non-hydrogen) atoms. The fraction of sp³-hybridized carbons (Fsp3) is 0.840. The van der Waals surface area contributed by atoms with Gasteiger partial charge >= 0.3 is 0 Å². The third-order valence-corrected chi connectivity index (χ3v) is 4.95. The third kappa shape index (κ3) is 26.9. The van der Waals surface area contributed by atoms with Crippen LogP contribution < -0.4 is 16.4 Å². The summed E-state index contributed by atoms with van der Waals surface area (Å²) in [7, 11) is 1.61. The van der Waals surface area contributed by atoms with E-state index in [-0.39, 0.29) is 42.8 Å². The van der Waals surface area contributed by atoms with Crippen molar-refractivity contribution >= 4 is 23.4 Å². The van der Waals surface area contributed by atoms with Gasteiger partial charge in [0.05, 0.1) is 46.2 Å². The first kappa shape index (κ1) is 35.0. The molecule has 0 aromatic rings. The van der Waals surface area contributed by atoms with E-state index in [1.807, 2.05) is 0 Å². The van der Waals surface area contributed by atoms with Crippen LogP contribution in [0, 0.1) is 0 Å². The second kappa shape index (κ2) is 27.1. The van der Waals surface area contributed by atoms with Gasteiger partial charge in [-0.1, -0.05) is 0 Å². The number of ether oxygens (including phenoxy) is 5. The number of hydrogen-bond donors (Lipinski definition) is 3. The molecule has 0 fully saturated rings. The van der Waals surface area contributed by atoms with Crippen molar-refractivity contribution in [1.29, 1.82) is 0 Å². The molecule has 0 aliphatic carbocycles. The summed E-state index contributed by atoms with van der Waals surface area (Å²) in [5.74, 6) is -0.0207. The fourth-order valence-corrected chi connectivity index (χ4v) is 2.93. The fourth-order valence-electron chi connectivity index (χ4n) is 2.93. The molecule has 0 heterocycles. The Hall–Kier alpha value is -1.96. The number of carbonyl (C=O) groups is 4. The van der Waals surface area contributed by atoms with Crippen molar-refractivity contribution in [3.05, 3.63) is 0 Å². The highest BCUT2D eigenvalue weighted by molar-refractivity contribution is 5.79. The zero-order valence-electron chi connectivity index (χ0n) is 22.4. The van der Waals surface area contributed by atoms with Gasteiger partial charge in [0.1, 0.15) is 11.6 Å². The predicted octanol–water partition coefficient (Wildman–Crippen LogP) is 0.149. The van der Waals surface area contributed by atoms with E-state index in [0.717, 1.165) is 6.42 Å². The minimum atomic E-state index is -0.136. The molecule has 0 aromatic carbocycles. The van der Waals surface area contributed by atoms with Crippen LogP contribution in [0.15, 0.2) is 0 Å². The molecular weight excluding hydrogens is 486 g/mol. The van der Waals surface area contributed by atoms with Gasteiger partial charge < -0.3 is 40.1 Å². The van der Waals surface area contributed by atoms with Gasteiger partial charge in [0.2, 0.25) is 11.8 Å². The van der Waals surface area contributed by atoms with Crippen molar-refractivity contribution in [2.75, 3.05) is 86.2 Å². The number of hydrogen-bond acceptors (Lipinski definition) is 10. The summed E-state index contributed by atoms with van der Waals surface area (Å²) in [6.45, 7) is 4.59. The van der Waals surface area contributed by atoms with E-state index in [1.165, 1.54) is 0 Å². The average Bonchev–Trinajstić information content (AvgIpc) is 2.88. The molecule has 12 heteroatoms. The van der Waals surface area contributed by atoms with Gasteiger partial charge in [-0.3, -0.25) is 19.2 Å². The van der Waals surface area contributed by atoms with Gasteiger partial charge in [-0.2, -0.15) is 0 Å². The Labute approximate surface area is 220 Å². The highest BCUT2D eigenvalue weighted by atomic mass is 16.5. The van der Waals surface area contributed by atoms with Crippen molar-refractivity contribution in [1.82, 2.24) is 10.6 Å². The van der Waals surface area contributed by atoms with Crippen molar-refractivity contribution < 1.29 is 42.9 Å². The van der Waals surface area contributed by atoms with Crippen LogP contribution in [0.25, 0.3) is 0 Å². The number of methoxy groups -OCH3 is 1. The molecule has 0 spiro atoms. The first-order valence-corrected chi connectivity index (χ1v) is 13.1. The molecule has 0 aliphatic rings. The summed E-state index contributed by atoms with van der Waals surface area (Å²) in [6.07, 6.45) is 3.38. The van der Waals surface area contributed by atoms with Crippen LogP contribution in [0.3, 0.4) is 0 Å². The lowest BCUT2D eigenvalue weighted by Gasteiger charge is -2.08. The molecule has 0 rings (SSSR count). The maximum absolute atomic E-state index is 11.9. The summed E-state index contributed by atoms with van der Waals surface area (Å²) < 4.78 is 26.2. The Balaban J connectivity index is 3.40. The molecule has 0 atom stereocenters. The second-order valence-electron chi connectivity index (χ2n) is 8.22. The number of nitrogens with two attached hydrogens (primary N) is 1. The van der Waals surface area contributed by atoms with Gasteiger partial charge in [0.15, 0.2) is 0 Å². The zero-order chi connectivity index (χ0) is 27.4. The SMILES string of the molecule is COCCCC(=O)CCOCCNC(=O)CCOCCCC(=O)CCOCCNC(=O)CCOCCN. The Kier molecular flexibility index (Phi) is 25.7. The number of amides is 2. The lowest BCUT2D eigenvalue weighted by Crippen LogP contribution is -2.28. The van der Waals surface area contributed by atoms with Gasteiger partial charge in [0.25, 0.3) is 0 Å². The van der Waals surface area contributed by atoms with Crippen LogP contribution in [-0.2, 0) is 42.9 Å². The maximum atomic E-state index is 11.9. The van der Waals surface area contributed by atoms with E-state index in [2.05, 4.69) is 10.6 Å². The number of carbonyl (C=O) groups excluding carboxylic acids is 4. The number of Topliss-reactive ketones (excluding diaryl/α,β-unsaturated/α-hetero) is 2. The van der Waals surface area contributed by atoms with E-state index in [1.54, 1.807) is 7.11 Å². The molecule has 0 aromatic heterocycles. The average molecular weight is 534 g/mol. The van der Waals surface area contributed by atoms with Crippen LogP contribution in [0.2, 0.25) is 0 Å². The Morgan fingerprint density at radius 2 is 0.973 bits per heavy atom. The van der Waals surface area contributed by atoms with Gasteiger partial charge in [-0.25, -0.2) is 0 Å². The quantitative estimate of drug-likeness (QED) is 0.118. The molecule has 0 unspecified atom stereocenters. The van der Waals surface area contributed by atoms with Crippen LogP contribution in [0.1, 0.15) is 51.4 Å². The molecule has 0 saturated heterocycles. The summed E-state index contributed by atoms with van der Waals surface area (Å²) in [4.78, 5) is 46.7. The van der Waals surface area contributed by atoms with Crippen molar-refractivity contribution in [2.45, 2.75) is 51.4 Å². The highest BCUT2D eigenvalue weighted by Crippen LogP contribution is 1.98. The van der Waals surface area contributed by atoms with Crippen LogP contribution in [-0.4, -0.2) is 110 Å². The van der Waals surface area contributed by atoms with E-state index in [0.29, 0.717) is 105 Å². The summed E-state index contributed by atoms with van der Waals surface area (Å²) in [6, 6.07) is 0. The number of rotatable bonds is 28. The topological polar surface area (TPSA) is 165 Å². The number of nitrogens with one attached hydrogen (secondary N) is 2. The van der Waals surface area contributed by atoms with E-state index < -0.39 is 0 Å². The maximum Gasteiger partial charge on any atom is 0.222 e. The molecule has 0 bridgehead atoms. The molecule has 0 saturated carbocycles. The lowest BCUT2D eigenvalue weighted by molar-refractivity contribution is -0.123. The monoisotopic (exact) mass is 533 g/mol. The van der Waals surface area contributed by atoms with E-state index in [9.17, 15) is 19.2 Å². The Morgan fingerprint density at radius 3 is 1.46 bits per heavy atom. The van der Waals surface area contributed by atoms with Gasteiger partial charge in [-0.15, -0.1) is 0 Å². The highest BCUT2D eigenvalue weighted by Gasteiger charge is 2.05. The first-order chi connectivity index (χ1) is 18.0. The van der Waals surface area contributed by atoms with Crippen molar-refractivity contribution in [2.24, 2.45) is 5.73 Å². The standard InChI is InChI=1S/C25H47N3O9/c1-33-13-2-4-22(29)6-15-36-20-11-27-24(31)8-17-34-14-3-5-23(30)7-16-37-21-12-28-25(32)9-18-35-19-10-26/h2-21,26H2,1H3,(H,27,31)(H,28,32). The van der Waals surface area contributed by atoms with Crippen LogP contribution in [0.4, 0.5) is 0 Å². The molecular formula is C25H47N3O9. The van der Waals surface area contributed by atoms with E-state index >= 15 is 0 Å². The molecule has 0 radical (unpaired) electrons. The van der Waals surface area contributed by atoms with Gasteiger partial charge in [-0.05, 0) is 12.8 Å². The minimum absolute atomic E-state index is 0.0825. The van der Waals surface area contributed by atoms with Crippen LogP contribution >= 0.6 is 0 Å². The minimum Gasteiger partial charge on any atom is -0.385 e. The molecule has 216 valence electrons. The van der Waals surface area contributed by atoms with Gasteiger partial charge in [0, 0.05) is 78.5 Å². The lowest BCUT2D eigenvalue weighted by atomic mass is 10.2. The molecule has 0 aliphatic heterocycles. The Morgan fingerprint density at radius 1 is 0.541 bits per heavy atom. The largest absolute Gasteiger partial charge is 0.385 e. The van der Waals surface area contributed by atoms with Crippen molar-refractivity contribution in [3.8, 4) is 0 Å². The summed E-state index contributed by atoms with van der Waals surface area (Å²) in [5, 5.41) is 5.45. The summed E-state index contributed by atoms with van der Waals surface area (Å²) >= 11 is 0. The Bertz CT molecular complexity index is 606. The molecule has 2 amide bonds. The second-order valence-corrected chi connectivity index (χ2v) is 8.22. The smallest absolute Gasteiger partial charge is 0.222 e. The summed E-state index contributed by atoms with van der Waals surface area (Å²) in [5.41, 5.74) is 5.29. The normalized spacial score (nSPS) is 10.9. The van der Waals surface area contributed by atoms with Crippen molar-refractivity contribution in [3.63, 3.8) is 0 Å². The molecule has 4 N–H and O–H groups in total. The number of ketones is 2.